The lowest BCUT2D eigenvalue weighted by molar-refractivity contribution is -0.122. The maximum absolute atomic E-state index is 12.2. The van der Waals surface area contributed by atoms with Crippen LogP contribution in [0.1, 0.15) is 17.3 Å². The van der Waals surface area contributed by atoms with Gasteiger partial charge in [-0.05, 0) is 43.3 Å². The summed E-state index contributed by atoms with van der Waals surface area (Å²) in [5.74, 6) is 0.400. The molecular formula is C17H15Cl2NO4. The Morgan fingerprint density at radius 2 is 1.96 bits per heavy atom. The molecule has 0 bridgehead atoms. The number of nitrogens with one attached hydrogen (secondary N) is 1. The zero-order valence-corrected chi connectivity index (χ0v) is 14.5. The summed E-state index contributed by atoms with van der Waals surface area (Å²) in [6, 6.07) is 9.48. The first kappa shape index (κ1) is 18.1. The van der Waals surface area contributed by atoms with Crippen molar-refractivity contribution < 1.29 is 19.1 Å². The molecule has 126 valence electrons. The monoisotopic (exact) mass is 367 g/mol. The van der Waals surface area contributed by atoms with Gasteiger partial charge in [0.2, 0.25) is 0 Å². The maximum Gasteiger partial charge on any atom is 0.265 e. The minimum Gasteiger partial charge on any atom is -0.497 e. The second kappa shape index (κ2) is 8.04. The van der Waals surface area contributed by atoms with Crippen molar-refractivity contribution in [2.45, 2.75) is 13.0 Å². The fraction of sp³-hybridized carbons (Fsp3) is 0.176. The molecule has 0 heterocycles. The molecule has 1 atom stereocenters. The van der Waals surface area contributed by atoms with Gasteiger partial charge in [-0.15, -0.1) is 0 Å². The number of rotatable bonds is 6. The summed E-state index contributed by atoms with van der Waals surface area (Å²) in [6.07, 6.45) is -0.206. The highest BCUT2D eigenvalue weighted by atomic mass is 35.5. The Morgan fingerprint density at radius 1 is 1.21 bits per heavy atom. The van der Waals surface area contributed by atoms with Crippen LogP contribution in [-0.4, -0.2) is 25.4 Å². The predicted molar refractivity (Wildman–Crippen MR) is 93.6 cm³/mol. The average Bonchev–Trinajstić information content (AvgIpc) is 2.57. The third-order valence-electron chi connectivity index (χ3n) is 3.21. The van der Waals surface area contributed by atoms with Crippen molar-refractivity contribution in [3.63, 3.8) is 0 Å². The molecular weight excluding hydrogens is 353 g/mol. The molecule has 24 heavy (non-hydrogen) atoms. The van der Waals surface area contributed by atoms with Crippen LogP contribution in [0.4, 0.5) is 5.69 Å². The van der Waals surface area contributed by atoms with E-state index >= 15 is 0 Å². The first-order valence-corrected chi connectivity index (χ1v) is 7.76. The molecule has 0 saturated carbocycles. The number of aldehydes is 1. The van der Waals surface area contributed by atoms with E-state index in [0.717, 1.165) is 0 Å². The van der Waals surface area contributed by atoms with Gasteiger partial charge >= 0.3 is 0 Å². The number of halogens is 2. The predicted octanol–water partition coefficient (Wildman–Crippen LogP) is 4.22. The fourth-order valence-corrected chi connectivity index (χ4v) is 2.38. The number of benzene rings is 2. The van der Waals surface area contributed by atoms with Crippen LogP contribution in [0.15, 0.2) is 36.4 Å². The number of anilines is 1. The third kappa shape index (κ3) is 4.40. The number of hydrogen-bond donors (Lipinski definition) is 1. The van der Waals surface area contributed by atoms with Crippen LogP contribution in [0, 0.1) is 0 Å². The molecule has 0 aromatic heterocycles. The van der Waals surface area contributed by atoms with E-state index < -0.39 is 12.0 Å². The molecule has 0 spiro atoms. The van der Waals surface area contributed by atoms with Crippen LogP contribution in [0.5, 0.6) is 11.5 Å². The molecule has 0 fully saturated rings. The quantitative estimate of drug-likeness (QED) is 0.776. The summed E-state index contributed by atoms with van der Waals surface area (Å²) >= 11 is 11.8. The standard InChI is InChI=1S/C17H15Cl2NO4/c1-10(17(22)20-15-5-3-12(18)8-14(15)19)24-16-6-4-13(23-2)7-11(16)9-21/h3-10H,1-2H3,(H,20,22)/t10-/m0/s1. The molecule has 1 N–H and O–H groups in total. The molecule has 2 aromatic carbocycles. The van der Waals surface area contributed by atoms with Crippen molar-refractivity contribution in [1.82, 2.24) is 0 Å². The van der Waals surface area contributed by atoms with Crippen LogP contribution in [0.25, 0.3) is 0 Å². The van der Waals surface area contributed by atoms with Gasteiger partial charge in [0.05, 0.1) is 23.4 Å². The zero-order valence-electron chi connectivity index (χ0n) is 13.0. The Morgan fingerprint density at radius 3 is 2.58 bits per heavy atom. The number of ether oxygens (including phenoxy) is 2. The van der Waals surface area contributed by atoms with E-state index in [1.165, 1.54) is 19.2 Å². The zero-order chi connectivity index (χ0) is 17.7. The van der Waals surface area contributed by atoms with Gasteiger partial charge in [-0.25, -0.2) is 0 Å². The molecule has 5 nitrogen and oxygen atoms in total. The van der Waals surface area contributed by atoms with Gasteiger partial charge in [0.25, 0.3) is 5.91 Å². The van der Waals surface area contributed by atoms with Crippen molar-refractivity contribution in [3.05, 3.63) is 52.0 Å². The lowest BCUT2D eigenvalue weighted by Gasteiger charge is -2.17. The third-order valence-corrected chi connectivity index (χ3v) is 3.75. The van der Waals surface area contributed by atoms with Crippen molar-refractivity contribution in [2.24, 2.45) is 0 Å². The SMILES string of the molecule is COc1ccc(O[C@@H](C)C(=O)Nc2ccc(Cl)cc2Cl)c(C=O)c1. The summed E-state index contributed by atoms with van der Waals surface area (Å²) in [7, 11) is 1.50. The molecule has 2 aromatic rings. The highest BCUT2D eigenvalue weighted by Gasteiger charge is 2.18. The van der Waals surface area contributed by atoms with Crippen molar-refractivity contribution in [2.75, 3.05) is 12.4 Å². The topological polar surface area (TPSA) is 64.6 Å². The number of amides is 1. The van der Waals surface area contributed by atoms with Gasteiger partial charge in [0.1, 0.15) is 11.5 Å². The van der Waals surface area contributed by atoms with E-state index in [1.807, 2.05) is 0 Å². The number of hydrogen-bond acceptors (Lipinski definition) is 4. The average molecular weight is 368 g/mol. The summed E-state index contributed by atoms with van der Waals surface area (Å²) in [4.78, 5) is 23.4. The van der Waals surface area contributed by atoms with E-state index in [2.05, 4.69) is 5.32 Å². The van der Waals surface area contributed by atoms with Crippen LogP contribution < -0.4 is 14.8 Å². The molecule has 2 rings (SSSR count). The molecule has 0 radical (unpaired) electrons. The van der Waals surface area contributed by atoms with Gasteiger partial charge in [0, 0.05) is 5.02 Å². The Kier molecular flexibility index (Phi) is 6.06. The maximum atomic E-state index is 12.2. The van der Waals surface area contributed by atoms with Crippen LogP contribution in [0.3, 0.4) is 0 Å². The van der Waals surface area contributed by atoms with Gasteiger partial charge in [-0.2, -0.15) is 0 Å². The molecule has 7 heteroatoms. The molecule has 0 aliphatic rings. The Labute approximate surface area is 149 Å². The highest BCUT2D eigenvalue weighted by Crippen LogP contribution is 2.26. The second-order valence-corrected chi connectivity index (χ2v) is 5.74. The smallest absolute Gasteiger partial charge is 0.265 e. The first-order chi connectivity index (χ1) is 11.4. The number of methoxy groups -OCH3 is 1. The summed E-state index contributed by atoms with van der Waals surface area (Å²) in [6.45, 7) is 1.57. The van der Waals surface area contributed by atoms with Crippen molar-refractivity contribution in [1.29, 1.82) is 0 Å². The molecule has 0 saturated heterocycles. The largest absolute Gasteiger partial charge is 0.497 e. The van der Waals surface area contributed by atoms with E-state index in [-0.39, 0.29) is 5.75 Å². The summed E-state index contributed by atoms with van der Waals surface area (Å²) < 4.78 is 10.6. The minimum absolute atomic E-state index is 0.288. The number of carbonyl (C=O) groups excluding carboxylic acids is 2. The highest BCUT2D eigenvalue weighted by molar-refractivity contribution is 6.36. The van der Waals surface area contributed by atoms with E-state index in [9.17, 15) is 9.59 Å². The first-order valence-electron chi connectivity index (χ1n) is 7.00. The fourth-order valence-electron chi connectivity index (χ4n) is 1.92. The van der Waals surface area contributed by atoms with Gasteiger partial charge in [-0.1, -0.05) is 23.2 Å². The summed E-state index contributed by atoms with van der Waals surface area (Å²) in [5, 5.41) is 3.44. The van der Waals surface area contributed by atoms with E-state index in [4.69, 9.17) is 32.7 Å². The lowest BCUT2D eigenvalue weighted by Crippen LogP contribution is -2.30. The Bertz CT molecular complexity index is 764. The van der Waals surface area contributed by atoms with E-state index in [0.29, 0.717) is 33.3 Å². The molecule has 0 unspecified atom stereocenters. The molecule has 0 aliphatic carbocycles. The van der Waals surface area contributed by atoms with Gasteiger partial charge in [0.15, 0.2) is 12.4 Å². The van der Waals surface area contributed by atoms with Crippen molar-refractivity contribution >= 4 is 41.1 Å². The van der Waals surface area contributed by atoms with Crippen LogP contribution in [-0.2, 0) is 4.79 Å². The lowest BCUT2D eigenvalue weighted by atomic mass is 10.2. The molecule has 1 amide bonds. The van der Waals surface area contributed by atoms with Gasteiger partial charge in [-0.3, -0.25) is 9.59 Å². The molecule has 0 aliphatic heterocycles. The number of carbonyl (C=O) groups is 2. The minimum atomic E-state index is -0.844. The van der Waals surface area contributed by atoms with Crippen LogP contribution >= 0.6 is 23.2 Å². The Hall–Kier alpha value is -2.24. The second-order valence-electron chi connectivity index (χ2n) is 4.90. The summed E-state index contributed by atoms with van der Waals surface area (Å²) in [5.41, 5.74) is 0.713. The van der Waals surface area contributed by atoms with Crippen molar-refractivity contribution in [3.8, 4) is 11.5 Å². The van der Waals surface area contributed by atoms with Crippen LogP contribution in [0.2, 0.25) is 10.0 Å². The normalized spacial score (nSPS) is 11.5. The van der Waals surface area contributed by atoms with Gasteiger partial charge < -0.3 is 14.8 Å². The Balaban J connectivity index is 2.10. The van der Waals surface area contributed by atoms with E-state index in [1.54, 1.807) is 31.2 Å².